The Kier molecular flexibility index (Phi) is 3.24. The molecule has 0 aromatic rings. The molecule has 0 N–H and O–H groups in total. The van der Waals surface area contributed by atoms with E-state index in [9.17, 15) is 4.79 Å². The van der Waals surface area contributed by atoms with Crippen LogP contribution in [0.3, 0.4) is 0 Å². The highest BCUT2D eigenvalue weighted by molar-refractivity contribution is 5.85. The third-order valence-corrected chi connectivity index (χ3v) is 4.06. The maximum atomic E-state index is 12.1. The second-order valence-corrected chi connectivity index (χ2v) is 4.97. The highest BCUT2D eigenvalue weighted by Crippen LogP contribution is 2.59. The number of hydrogen-bond donors (Lipinski definition) is 0. The van der Waals surface area contributed by atoms with Gasteiger partial charge in [-0.25, -0.2) is 4.79 Å². The summed E-state index contributed by atoms with van der Waals surface area (Å²) in [6, 6.07) is 0. The van der Waals surface area contributed by atoms with Crippen molar-refractivity contribution >= 4 is 5.97 Å². The van der Waals surface area contributed by atoms with Gasteiger partial charge in [-0.05, 0) is 32.1 Å². The van der Waals surface area contributed by atoms with Crippen molar-refractivity contribution in [1.29, 1.82) is 0 Å². The molecule has 2 aliphatic rings. The van der Waals surface area contributed by atoms with E-state index in [1.165, 1.54) is 6.42 Å². The van der Waals surface area contributed by atoms with E-state index in [1.54, 1.807) is 0 Å². The Morgan fingerprint density at radius 1 is 1.31 bits per heavy atom. The second kappa shape index (κ2) is 4.36. The smallest absolute Gasteiger partial charge is 0.341 e. The van der Waals surface area contributed by atoms with E-state index in [0.29, 0.717) is 6.61 Å². The molecule has 16 heavy (non-hydrogen) atoms. The van der Waals surface area contributed by atoms with E-state index in [1.807, 2.05) is 0 Å². The molecule has 1 heterocycles. The Morgan fingerprint density at radius 3 is 2.75 bits per heavy atom. The molecule has 92 valence electrons. The highest BCUT2D eigenvalue weighted by atomic mass is 16.7. The zero-order valence-electron chi connectivity index (χ0n) is 10.4. The quantitative estimate of drug-likeness (QED) is 0.411. The zero-order valence-corrected chi connectivity index (χ0v) is 10.4. The van der Waals surface area contributed by atoms with Crippen molar-refractivity contribution in [2.45, 2.75) is 70.0 Å². The molecule has 0 aromatic carbocycles. The zero-order chi connectivity index (χ0) is 11.6. The number of esters is 1. The molecule has 1 saturated carbocycles. The average molecular weight is 226 g/mol. The van der Waals surface area contributed by atoms with Crippen molar-refractivity contribution in [2.75, 3.05) is 6.61 Å². The van der Waals surface area contributed by atoms with Gasteiger partial charge in [-0.1, -0.05) is 26.7 Å². The van der Waals surface area contributed by atoms with Crippen LogP contribution in [0.4, 0.5) is 0 Å². The van der Waals surface area contributed by atoms with Gasteiger partial charge in [-0.2, -0.15) is 0 Å². The lowest BCUT2D eigenvalue weighted by Crippen LogP contribution is -2.38. The van der Waals surface area contributed by atoms with E-state index >= 15 is 0 Å². The third kappa shape index (κ3) is 1.65. The molecule has 1 aliphatic carbocycles. The van der Waals surface area contributed by atoms with Gasteiger partial charge in [0.1, 0.15) is 5.60 Å². The summed E-state index contributed by atoms with van der Waals surface area (Å²) < 4.78 is 11.1. The van der Waals surface area contributed by atoms with E-state index in [4.69, 9.17) is 9.47 Å². The predicted molar refractivity (Wildman–Crippen MR) is 61.2 cm³/mol. The van der Waals surface area contributed by atoms with Gasteiger partial charge in [0.15, 0.2) is 5.60 Å². The minimum atomic E-state index is -0.562. The van der Waals surface area contributed by atoms with Crippen LogP contribution >= 0.6 is 0 Å². The van der Waals surface area contributed by atoms with Crippen molar-refractivity contribution < 1.29 is 14.3 Å². The lowest BCUT2D eigenvalue weighted by molar-refractivity contribution is -0.150. The predicted octanol–water partition coefficient (Wildman–Crippen LogP) is 2.82. The molecular formula is C13H22O3. The molecule has 1 saturated heterocycles. The number of ether oxygens (including phenoxy) is 2. The van der Waals surface area contributed by atoms with Crippen molar-refractivity contribution in [3.63, 3.8) is 0 Å². The summed E-state index contributed by atoms with van der Waals surface area (Å²) in [5.41, 5.74) is -0.734. The van der Waals surface area contributed by atoms with Crippen LogP contribution in [0.5, 0.6) is 0 Å². The SMILES string of the molecule is CCCCOC(=O)C12CCCCC1(CC)O2. The normalized spacial score (nSPS) is 36.6. The average Bonchev–Trinajstić information content (AvgIpc) is 3.00. The third-order valence-electron chi connectivity index (χ3n) is 4.06. The fourth-order valence-electron chi connectivity index (χ4n) is 2.91. The lowest BCUT2D eigenvalue weighted by atomic mass is 9.78. The van der Waals surface area contributed by atoms with Crippen LogP contribution < -0.4 is 0 Å². The summed E-state index contributed by atoms with van der Waals surface area (Å²) >= 11 is 0. The number of unbranched alkanes of at least 4 members (excludes halogenated alkanes) is 1. The molecule has 2 atom stereocenters. The first-order valence-corrected chi connectivity index (χ1v) is 6.58. The van der Waals surface area contributed by atoms with Crippen molar-refractivity contribution in [3.05, 3.63) is 0 Å². The van der Waals surface area contributed by atoms with E-state index in [0.717, 1.165) is 38.5 Å². The summed E-state index contributed by atoms with van der Waals surface area (Å²) in [5.74, 6) is -0.109. The van der Waals surface area contributed by atoms with Gasteiger partial charge >= 0.3 is 5.97 Å². The molecule has 2 unspecified atom stereocenters. The van der Waals surface area contributed by atoms with Gasteiger partial charge in [0.2, 0.25) is 0 Å². The molecule has 0 radical (unpaired) electrons. The Bertz CT molecular complexity index is 276. The van der Waals surface area contributed by atoms with Crippen LogP contribution in [0.15, 0.2) is 0 Å². The first-order valence-electron chi connectivity index (χ1n) is 6.58. The van der Waals surface area contributed by atoms with Gasteiger partial charge in [0, 0.05) is 0 Å². The summed E-state index contributed by atoms with van der Waals surface area (Å²) in [6.07, 6.45) is 7.07. The molecule has 0 amide bonds. The van der Waals surface area contributed by atoms with Gasteiger partial charge in [0.25, 0.3) is 0 Å². The van der Waals surface area contributed by atoms with E-state index < -0.39 is 5.60 Å². The van der Waals surface area contributed by atoms with E-state index in [2.05, 4.69) is 13.8 Å². The van der Waals surface area contributed by atoms with Crippen LogP contribution in [-0.4, -0.2) is 23.8 Å². The maximum absolute atomic E-state index is 12.1. The fraction of sp³-hybridized carbons (Fsp3) is 0.923. The van der Waals surface area contributed by atoms with E-state index in [-0.39, 0.29) is 11.6 Å². The summed E-state index contributed by atoms with van der Waals surface area (Å²) in [4.78, 5) is 12.1. The largest absolute Gasteiger partial charge is 0.463 e. The van der Waals surface area contributed by atoms with Crippen LogP contribution in [0, 0.1) is 0 Å². The number of epoxide rings is 1. The second-order valence-electron chi connectivity index (χ2n) is 4.97. The maximum Gasteiger partial charge on any atom is 0.341 e. The first kappa shape index (κ1) is 11.9. The Labute approximate surface area is 97.5 Å². The molecule has 0 bridgehead atoms. The number of rotatable bonds is 5. The van der Waals surface area contributed by atoms with Gasteiger partial charge in [-0.15, -0.1) is 0 Å². The molecule has 2 rings (SSSR count). The lowest BCUT2D eigenvalue weighted by Gasteiger charge is -2.22. The molecule has 3 nitrogen and oxygen atoms in total. The molecular weight excluding hydrogens is 204 g/mol. The monoisotopic (exact) mass is 226 g/mol. The molecule has 0 spiro atoms. The van der Waals surface area contributed by atoms with Crippen LogP contribution in [0.2, 0.25) is 0 Å². The van der Waals surface area contributed by atoms with Crippen molar-refractivity contribution in [2.24, 2.45) is 0 Å². The van der Waals surface area contributed by atoms with Gasteiger partial charge in [-0.3, -0.25) is 0 Å². The fourth-order valence-corrected chi connectivity index (χ4v) is 2.91. The minimum Gasteiger partial charge on any atom is -0.463 e. The van der Waals surface area contributed by atoms with Crippen molar-refractivity contribution in [1.82, 2.24) is 0 Å². The summed E-state index contributed by atoms with van der Waals surface area (Å²) in [6.45, 7) is 4.74. The molecule has 3 heteroatoms. The number of fused-ring (bicyclic) bond motifs is 1. The summed E-state index contributed by atoms with van der Waals surface area (Å²) in [5, 5.41) is 0. The summed E-state index contributed by atoms with van der Waals surface area (Å²) in [7, 11) is 0. The highest BCUT2D eigenvalue weighted by Gasteiger charge is 2.74. The topological polar surface area (TPSA) is 38.8 Å². The Balaban J connectivity index is 1.95. The molecule has 0 aromatic heterocycles. The van der Waals surface area contributed by atoms with Crippen LogP contribution in [0.25, 0.3) is 0 Å². The van der Waals surface area contributed by atoms with Crippen LogP contribution in [-0.2, 0) is 14.3 Å². The standard InChI is InChI=1S/C13H22O3/c1-3-5-10-15-11(14)13-9-7-6-8-12(13,4-2)16-13/h3-10H2,1-2H3. The molecule has 1 aliphatic heterocycles. The van der Waals surface area contributed by atoms with Gasteiger partial charge < -0.3 is 9.47 Å². The van der Waals surface area contributed by atoms with Crippen molar-refractivity contribution in [3.8, 4) is 0 Å². The Hall–Kier alpha value is -0.570. The minimum absolute atomic E-state index is 0.109. The van der Waals surface area contributed by atoms with Crippen LogP contribution in [0.1, 0.15) is 58.8 Å². The molecule has 2 fully saturated rings. The Morgan fingerprint density at radius 2 is 2.06 bits per heavy atom. The van der Waals surface area contributed by atoms with Gasteiger partial charge in [0.05, 0.1) is 6.61 Å². The number of hydrogen-bond acceptors (Lipinski definition) is 3. The number of carbonyl (C=O) groups excluding carboxylic acids is 1. The first-order chi connectivity index (χ1) is 7.71. The number of carbonyl (C=O) groups is 1.